The smallest absolute Gasteiger partial charge is 0.309 e. The molecule has 2 aromatic rings. The van der Waals surface area contributed by atoms with Crippen LogP contribution in [0.25, 0.3) is 11.2 Å². The van der Waals surface area contributed by atoms with Crippen molar-refractivity contribution >= 4 is 26.2 Å². The number of hydrogen-bond donors (Lipinski definition) is 0. The Balaban J connectivity index is 2.85. The predicted molar refractivity (Wildman–Crippen MR) is 49.3 cm³/mol. The molecule has 13 heavy (non-hydrogen) atoms. The van der Waals surface area contributed by atoms with Crippen molar-refractivity contribution in [3.63, 3.8) is 0 Å². The molecule has 0 amide bonds. The van der Waals surface area contributed by atoms with Crippen molar-refractivity contribution in [3.05, 3.63) is 28.7 Å². The molecule has 2 heterocycles. The highest BCUT2D eigenvalue weighted by Gasteiger charge is 2.17. The van der Waals surface area contributed by atoms with Gasteiger partial charge in [-0.2, -0.15) is 0 Å². The largest absolute Gasteiger partial charge is 0.314 e. The Hall–Kier alpha value is -1.55. The van der Waals surface area contributed by atoms with Crippen LogP contribution in [0.4, 0.5) is 5.69 Å². The molecular weight excluding hydrogens is 191 g/mol. The molecular formula is C6H5N4O2P. The molecule has 1 unspecified atom stereocenters. The van der Waals surface area contributed by atoms with Crippen molar-refractivity contribution in [2.45, 2.75) is 0 Å². The van der Waals surface area contributed by atoms with Crippen LogP contribution in [0.1, 0.15) is 0 Å². The maximum atomic E-state index is 10.5. The molecule has 66 valence electrons. The highest BCUT2D eigenvalue weighted by atomic mass is 31.0. The second-order valence-corrected chi connectivity index (χ2v) is 2.96. The first-order valence-corrected chi connectivity index (χ1v) is 3.93. The lowest BCUT2D eigenvalue weighted by Crippen LogP contribution is -1.86. The third kappa shape index (κ3) is 1.15. The summed E-state index contributed by atoms with van der Waals surface area (Å²) in [6.45, 7) is 0. The summed E-state index contributed by atoms with van der Waals surface area (Å²) in [5.74, 6) is 0. The van der Waals surface area contributed by atoms with E-state index in [0.29, 0.717) is 11.2 Å². The molecule has 0 bridgehead atoms. The van der Waals surface area contributed by atoms with Crippen LogP contribution in [-0.4, -0.2) is 19.2 Å². The Kier molecular flexibility index (Phi) is 1.70. The molecule has 0 aromatic carbocycles. The van der Waals surface area contributed by atoms with E-state index in [2.05, 4.69) is 19.4 Å². The minimum absolute atomic E-state index is 0.0295. The van der Waals surface area contributed by atoms with Gasteiger partial charge in [0, 0.05) is 12.4 Å². The van der Waals surface area contributed by atoms with Gasteiger partial charge in [-0.3, -0.25) is 10.1 Å². The van der Waals surface area contributed by atoms with E-state index in [4.69, 9.17) is 0 Å². The Morgan fingerprint density at radius 3 is 2.85 bits per heavy atom. The molecule has 0 radical (unpaired) electrons. The summed E-state index contributed by atoms with van der Waals surface area (Å²) >= 11 is 0. The third-order valence-corrected chi connectivity index (χ3v) is 2.02. The van der Waals surface area contributed by atoms with Gasteiger partial charge in [-0.15, -0.1) is 0 Å². The number of nitrogens with zero attached hydrogens (tertiary/aromatic N) is 4. The molecule has 0 fully saturated rings. The average Bonchev–Trinajstić information content (AvgIpc) is 2.45. The van der Waals surface area contributed by atoms with Crippen LogP contribution in [0, 0.1) is 10.1 Å². The lowest BCUT2D eigenvalue weighted by atomic mass is 10.5. The zero-order valence-electron chi connectivity index (χ0n) is 6.41. The van der Waals surface area contributed by atoms with Crippen molar-refractivity contribution in [3.8, 4) is 0 Å². The summed E-state index contributed by atoms with van der Waals surface area (Å²) in [6.07, 6.45) is 4.29. The molecule has 6 nitrogen and oxygen atoms in total. The second kappa shape index (κ2) is 2.74. The van der Waals surface area contributed by atoms with Gasteiger partial charge >= 0.3 is 5.69 Å². The normalized spacial score (nSPS) is 10.5. The number of rotatable bonds is 1. The van der Waals surface area contributed by atoms with Crippen LogP contribution < -0.4 is 0 Å². The van der Waals surface area contributed by atoms with Crippen molar-refractivity contribution in [2.75, 3.05) is 0 Å². The summed E-state index contributed by atoms with van der Waals surface area (Å²) in [5, 5.41) is 10.5. The maximum Gasteiger partial charge on any atom is 0.314 e. The van der Waals surface area contributed by atoms with Gasteiger partial charge in [0.1, 0.15) is 0 Å². The lowest BCUT2D eigenvalue weighted by Gasteiger charge is -1.89. The molecule has 0 aliphatic heterocycles. The van der Waals surface area contributed by atoms with Gasteiger partial charge in [0.25, 0.3) is 0 Å². The van der Waals surface area contributed by atoms with E-state index in [1.807, 2.05) is 0 Å². The van der Waals surface area contributed by atoms with E-state index in [1.54, 1.807) is 0 Å². The summed E-state index contributed by atoms with van der Waals surface area (Å²) in [6, 6.07) is 0. The van der Waals surface area contributed by atoms with Gasteiger partial charge in [-0.25, -0.2) is 9.97 Å². The monoisotopic (exact) mass is 196 g/mol. The minimum Gasteiger partial charge on any atom is -0.309 e. The van der Waals surface area contributed by atoms with E-state index in [1.165, 1.54) is 22.9 Å². The fourth-order valence-corrected chi connectivity index (χ4v) is 1.42. The average molecular weight is 196 g/mol. The van der Waals surface area contributed by atoms with E-state index >= 15 is 0 Å². The Labute approximate surface area is 75.0 Å². The van der Waals surface area contributed by atoms with Crippen molar-refractivity contribution in [2.24, 2.45) is 0 Å². The number of nitro groups is 1. The van der Waals surface area contributed by atoms with E-state index < -0.39 is 4.92 Å². The molecule has 0 spiro atoms. The molecule has 0 N–H and O–H groups in total. The molecule has 0 aliphatic rings. The van der Waals surface area contributed by atoms with Crippen LogP contribution in [-0.2, 0) is 0 Å². The first kappa shape index (κ1) is 8.07. The summed E-state index contributed by atoms with van der Waals surface area (Å²) in [7, 11) is 2.32. The molecule has 1 atom stereocenters. The third-order valence-electron chi connectivity index (χ3n) is 1.62. The first-order chi connectivity index (χ1) is 6.20. The topological polar surface area (TPSA) is 73.8 Å². The van der Waals surface area contributed by atoms with Crippen LogP contribution in [0.5, 0.6) is 0 Å². The molecule has 7 heteroatoms. The Morgan fingerprint density at radius 2 is 2.15 bits per heavy atom. The zero-order chi connectivity index (χ0) is 9.42. The van der Waals surface area contributed by atoms with Crippen LogP contribution in [0.15, 0.2) is 18.6 Å². The highest BCUT2D eigenvalue weighted by Crippen LogP contribution is 2.25. The molecule has 0 saturated heterocycles. The van der Waals surface area contributed by atoms with Crippen molar-refractivity contribution in [1.29, 1.82) is 0 Å². The fourth-order valence-electron chi connectivity index (χ4n) is 1.09. The van der Waals surface area contributed by atoms with Crippen molar-refractivity contribution in [1.82, 2.24) is 14.3 Å². The maximum absolute atomic E-state index is 10.5. The van der Waals surface area contributed by atoms with Crippen molar-refractivity contribution < 1.29 is 4.92 Å². The quantitative estimate of drug-likeness (QED) is 0.387. The number of hydrogen-bond acceptors (Lipinski definition) is 4. The Morgan fingerprint density at radius 1 is 1.46 bits per heavy atom. The summed E-state index contributed by atoms with van der Waals surface area (Å²) in [5.41, 5.74) is 0.764. The number of aromatic nitrogens is 3. The van der Waals surface area contributed by atoms with Crippen LogP contribution in [0.2, 0.25) is 0 Å². The van der Waals surface area contributed by atoms with Gasteiger partial charge in [-0.1, -0.05) is 0 Å². The van der Waals surface area contributed by atoms with E-state index in [9.17, 15) is 10.1 Å². The van der Waals surface area contributed by atoms with Gasteiger partial charge in [-0.05, 0) is 9.39 Å². The zero-order valence-corrected chi connectivity index (χ0v) is 7.57. The number of fused-ring (bicyclic) bond motifs is 1. The molecule has 0 saturated carbocycles. The molecule has 2 rings (SSSR count). The fraction of sp³-hybridized carbons (Fsp3) is 0. The molecule has 2 aromatic heterocycles. The van der Waals surface area contributed by atoms with Crippen LogP contribution >= 0.6 is 9.39 Å². The Bertz CT molecular complexity index is 480. The van der Waals surface area contributed by atoms with Gasteiger partial charge in [0.05, 0.1) is 11.1 Å². The first-order valence-electron chi connectivity index (χ1n) is 3.41. The van der Waals surface area contributed by atoms with Gasteiger partial charge < -0.3 is 4.34 Å². The standard InChI is InChI=1S/C6H5N4O2P/c11-10(12)4-3-9(13)6-5(4)7-1-2-8-6/h1-3H,13H2. The predicted octanol–water partition coefficient (Wildman–Crippen LogP) is 0.978. The second-order valence-electron chi connectivity index (χ2n) is 2.41. The highest BCUT2D eigenvalue weighted by molar-refractivity contribution is 7.14. The minimum atomic E-state index is -0.475. The summed E-state index contributed by atoms with van der Waals surface area (Å²) < 4.78 is 1.50. The van der Waals surface area contributed by atoms with Gasteiger partial charge in [0.2, 0.25) is 0 Å². The van der Waals surface area contributed by atoms with Crippen LogP contribution in [0.3, 0.4) is 0 Å². The summed E-state index contributed by atoms with van der Waals surface area (Å²) in [4.78, 5) is 17.9. The lowest BCUT2D eigenvalue weighted by molar-refractivity contribution is -0.383. The van der Waals surface area contributed by atoms with E-state index in [-0.39, 0.29) is 5.69 Å². The molecule has 0 aliphatic carbocycles. The SMILES string of the molecule is O=[N+]([O-])c1cn(P)c2nccnc12. The van der Waals surface area contributed by atoms with Gasteiger partial charge in [0.15, 0.2) is 11.2 Å². The van der Waals surface area contributed by atoms with E-state index in [0.717, 1.165) is 0 Å².